The van der Waals surface area contributed by atoms with Crippen molar-refractivity contribution in [1.29, 1.82) is 0 Å². The van der Waals surface area contributed by atoms with Crippen LogP contribution >= 0.6 is 11.6 Å². The van der Waals surface area contributed by atoms with Crippen molar-refractivity contribution in [3.63, 3.8) is 0 Å². The van der Waals surface area contributed by atoms with Crippen LogP contribution in [0.3, 0.4) is 0 Å². The first-order valence-electron chi connectivity index (χ1n) is 10.8. The second kappa shape index (κ2) is 10.1. The SMILES string of the molecule is CC(=O)N(Cc1ccc(F)cc1)c1nc2ccccc2n(CC(=O)Nc2cccc(Cl)c2C)c1=O. The summed E-state index contributed by atoms with van der Waals surface area (Å²) in [6, 6.07) is 17.7. The van der Waals surface area contributed by atoms with E-state index in [1.165, 1.54) is 40.7 Å². The topological polar surface area (TPSA) is 84.3 Å². The summed E-state index contributed by atoms with van der Waals surface area (Å²) in [5.41, 5.74) is 2.16. The van der Waals surface area contributed by atoms with Crippen molar-refractivity contribution >= 4 is 46.0 Å². The Morgan fingerprint density at radius 2 is 1.77 bits per heavy atom. The van der Waals surface area contributed by atoms with E-state index in [1.807, 2.05) is 0 Å². The molecule has 4 rings (SSSR count). The number of anilines is 2. The van der Waals surface area contributed by atoms with Gasteiger partial charge in [0, 0.05) is 17.6 Å². The number of hydrogen-bond acceptors (Lipinski definition) is 4. The number of nitrogens with zero attached hydrogens (tertiary/aromatic N) is 3. The van der Waals surface area contributed by atoms with Crippen LogP contribution in [0.5, 0.6) is 0 Å². The monoisotopic (exact) mass is 492 g/mol. The maximum absolute atomic E-state index is 13.5. The molecule has 0 aliphatic rings. The van der Waals surface area contributed by atoms with Gasteiger partial charge in [-0.3, -0.25) is 23.9 Å². The lowest BCUT2D eigenvalue weighted by Crippen LogP contribution is -2.38. The average Bonchev–Trinajstić information content (AvgIpc) is 2.83. The summed E-state index contributed by atoms with van der Waals surface area (Å²) < 4.78 is 14.6. The molecule has 0 aliphatic heterocycles. The molecule has 9 heteroatoms. The quantitative estimate of drug-likeness (QED) is 0.423. The summed E-state index contributed by atoms with van der Waals surface area (Å²) in [7, 11) is 0. The molecule has 0 aliphatic carbocycles. The van der Waals surface area contributed by atoms with E-state index in [0.717, 1.165) is 0 Å². The second-order valence-corrected chi connectivity index (χ2v) is 8.41. The first-order valence-corrected chi connectivity index (χ1v) is 11.2. The van der Waals surface area contributed by atoms with Crippen LogP contribution < -0.4 is 15.8 Å². The highest BCUT2D eigenvalue weighted by atomic mass is 35.5. The highest BCUT2D eigenvalue weighted by Gasteiger charge is 2.22. The molecule has 0 atom stereocenters. The molecule has 1 heterocycles. The number of rotatable bonds is 6. The summed E-state index contributed by atoms with van der Waals surface area (Å²) in [6.07, 6.45) is 0. The number of aromatic nitrogens is 2. The fraction of sp³-hybridized carbons (Fsp3) is 0.154. The molecular formula is C26H22ClFN4O3. The Hall–Kier alpha value is -4.04. The van der Waals surface area contributed by atoms with Crippen molar-refractivity contribution in [2.75, 3.05) is 10.2 Å². The maximum Gasteiger partial charge on any atom is 0.294 e. The largest absolute Gasteiger partial charge is 0.324 e. The molecule has 0 radical (unpaired) electrons. The Labute approximate surface area is 205 Å². The molecule has 1 N–H and O–H groups in total. The van der Waals surface area contributed by atoms with Crippen LogP contribution in [0.1, 0.15) is 18.1 Å². The van der Waals surface area contributed by atoms with Crippen LogP contribution in [0, 0.1) is 12.7 Å². The van der Waals surface area contributed by atoms with E-state index in [4.69, 9.17) is 11.6 Å². The number of carbonyl (C=O) groups is 2. The molecule has 0 fully saturated rings. The van der Waals surface area contributed by atoms with Gasteiger partial charge in [-0.2, -0.15) is 0 Å². The summed E-state index contributed by atoms with van der Waals surface area (Å²) in [4.78, 5) is 44.6. The van der Waals surface area contributed by atoms with E-state index >= 15 is 0 Å². The van der Waals surface area contributed by atoms with Crippen LogP contribution in [-0.2, 0) is 22.7 Å². The molecule has 0 saturated carbocycles. The highest BCUT2D eigenvalue weighted by Crippen LogP contribution is 2.23. The second-order valence-electron chi connectivity index (χ2n) is 8.01. The van der Waals surface area contributed by atoms with Crippen LogP contribution in [0.2, 0.25) is 5.02 Å². The zero-order valence-corrected chi connectivity index (χ0v) is 19.8. The average molecular weight is 493 g/mol. The van der Waals surface area contributed by atoms with Gasteiger partial charge in [0.05, 0.1) is 17.6 Å². The van der Waals surface area contributed by atoms with Gasteiger partial charge in [-0.05, 0) is 54.4 Å². The predicted octanol–water partition coefficient (Wildman–Crippen LogP) is 4.69. The molecule has 0 spiro atoms. The zero-order valence-electron chi connectivity index (χ0n) is 19.1. The van der Waals surface area contributed by atoms with E-state index in [2.05, 4.69) is 10.3 Å². The lowest BCUT2D eigenvalue weighted by Gasteiger charge is -2.21. The molecule has 0 saturated heterocycles. The first kappa shape index (κ1) is 24.1. The van der Waals surface area contributed by atoms with E-state index in [1.54, 1.807) is 49.4 Å². The van der Waals surface area contributed by atoms with Gasteiger partial charge in [-0.25, -0.2) is 9.37 Å². The molecule has 3 aromatic carbocycles. The van der Waals surface area contributed by atoms with E-state index in [9.17, 15) is 18.8 Å². The number of amides is 2. The number of benzene rings is 3. The highest BCUT2D eigenvalue weighted by molar-refractivity contribution is 6.31. The Morgan fingerprint density at radius 3 is 2.49 bits per heavy atom. The third-order valence-corrected chi connectivity index (χ3v) is 5.98. The van der Waals surface area contributed by atoms with Crippen molar-refractivity contribution in [3.05, 3.63) is 99.1 Å². The number of hydrogen-bond donors (Lipinski definition) is 1. The molecular weight excluding hydrogens is 471 g/mol. The minimum Gasteiger partial charge on any atom is -0.324 e. The Bertz CT molecular complexity index is 1480. The Morgan fingerprint density at radius 1 is 1.06 bits per heavy atom. The molecule has 1 aromatic heterocycles. The number of carbonyl (C=O) groups excluding carboxylic acids is 2. The Balaban J connectivity index is 1.74. The smallest absolute Gasteiger partial charge is 0.294 e. The van der Waals surface area contributed by atoms with Gasteiger partial charge in [-0.15, -0.1) is 0 Å². The molecule has 0 unspecified atom stereocenters. The van der Waals surface area contributed by atoms with Gasteiger partial charge >= 0.3 is 0 Å². The van der Waals surface area contributed by atoms with Gasteiger partial charge in [0.25, 0.3) is 5.56 Å². The fourth-order valence-corrected chi connectivity index (χ4v) is 3.87. The minimum atomic E-state index is -0.598. The zero-order chi connectivity index (χ0) is 25.1. The Kier molecular flexibility index (Phi) is 6.93. The van der Waals surface area contributed by atoms with Crippen LogP contribution in [0.4, 0.5) is 15.9 Å². The van der Waals surface area contributed by atoms with Gasteiger partial charge in [0.15, 0.2) is 0 Å². The molecule has 4 aromatic rings. The van der Waals surface area contributed by atoms with Gasteiger partial charge < -0.3 is 5.32 Å². The van der Waals surface area contributed by atoms with Crippen molar-refractivity contribution in [1.82, 2.24) is 9.55 Å². The molecule has 2 amide bonds. The van der Waals surface area contributed by atoms with Crippen molar-refractivity contribution in [2.24, 2.45) is 0 Å². The third kappa shape index (κ3) is 5.22. The third-order valence-electron chi connectivity index (χ3n) is 5.57. The van der Waals surface area contributed by atoms with Crippen LogP contribution in [0.25, 0.3) is 11.0 Å². The summed E-state index contributed by atoms with van der Waals surface area (Å²) in [5, 5.41) is 3.30. The summed E-state index contributed by atoms with van der Waals surface area (Å²) in [5.74, 6) is -1.38. The minimum absolute atomic E-state index is 0.0180. The number of halogens is 2. The first-order chi connectivity index (χ1) is 16.7. The van der Waals surface area contributed by atoms with Crippen LogP contribution in [-0.4, -0.2) is 21.4 Å². The fourth-order valence-electron chi connectivity index (χ4n) is 3.70. The van der Waals surface area contributed by atoms with Gasteiger partial charge in [0.1, 0.15) is 12.4 Å². The van der Waals surface area contributed by atoms with E-state index in [0.29, 0.717) is 32.9 Å². The molecule has 178 valence electrons. The van der Waals surface area contributed by atoms with Crippen molar-refractivity contribution in [2.45, 2.75) is 26.9 Å². The van der Waals surface area contributed by atoms with Crippen LogP contribution in [0.15, 0.2) is 71.5 Å². The summed E-state index contributed by atoms with van der Waals surface area (Å²) >= 11 is 6.15. The lowest BCUT2D eigenvalue weighted by atomic mass is 10.2. The number of fused-ring (bicyclic) bond motifs is 1. The lowest BCUT2D eigenvalue weighted by molar-refractivity contribution is -0.117. The van der Waals surface area contributed by atoms with Gasteiger partial charge in [-0.1, -0.05) is 41.9 Å². The summed E-state index contributed by atoms with van der Waals surface area (Å²) in [6.45, 7) is 2.82. The number of para-hydroxylation sites is 2. The molecule has 0 bridgehead atoms. The van der Waals surface area contributed by atoms with E-state index < -0.39 is 23.2 Å². The molecule has 35 heavy (non-hydrogen) atoms. The van der Waals surface area contributed by atoms with E-state index in [-0.39, 0.29) is 18.9 Å². The predicted molar refractivity (Wildman–Crippen MR) is 134 cm³/mol. The standard InChI is InChI=1S/C26H22ClFN4O3/c1-16-20(27)6-5-8-21(16)29-24(34)15-32-23-9-4-3-7-22(23)30-25(26(32)35)31(17(2)33)14-18-10-12-19(28)13-11-18/h3-13H,14-15H2,1-2H3,(H,29,34). The maximum atomic E-state index is 13.5. The normalized spacial score (nSPS) is 10.9. The number of nitrogens with one attached hydrogen (secondary N) is 1. The van der Waals surface area contributed by atoms with Gasteiger partial charge in [0.2, 0.25) is 17.6 Å². The van der Waals surface area contributed by atoms with Crippen molar-refractivity contribution in [3.8, 4) is 0 Å². The van der Waals surface area contributed by atoms with Crippen molar-refractivity contribution < 1.29 is 14.0 Å². The molecule has 7 nitrogen and oxygen atoms in total.